The lowest BCUT2D eigenvalue weighted by Gasteiger charge is -1.99. The second-order valence-corrected chi connectivity index (χ2v) is 3.88. The standard InChI is InChI=1S/C6H5N7O4S/c14-2(15)1-13-6(10-11-12-13)18-4-3(16)7-5(17)9-8-4/h1H2,(H,14,15)(H2,7,9,16,17). The van der Waals surface area contributed by atoms with Crippen LogP contribution in [0.15, 0.2) is 19.8 Å². The predicted octanol–water partition coefficient (Wildman–Crippen LogP) is -2.32. The summed E-state index contributed by atoms with van der Waals surface area (Å²) in [5, 5.41) is 24.4. The lowest BCUT2D eigenvalue weighted by atomic mass is 10.7. The Kier molecular flexibility index (Phi) is 3.18. The molecule has 0 bridgehead atoms. The second kappa shape index (κ2) is 4.79. The highest BCUT2D eigenvalue weighted by molar-refractivity contribution is 7.99. The van der Waals surface area contributed by atoms with Gasteiger partial charge in [-0.2, -0.15) is 5.10 Å². The molecular formula is C6H5N7O4S. The summed E-state index contributed by atoms with van der Waals surface area (Å²) in [4.78, 5) is 34.6. The van der Waals surface area contributed by atoms with E-state index in [4.69, 9.17) is 5.11 Å². The van der Waals surface area contributed by atoms with Gasteiger partial charge in [0.2, 0.25) is 5.16 Å². The molecule has 0 aliphatic rings. The highest BCUT2D eigenvalue weighted by Crippen LogP contribution is 2.18. The minimum Gasteiger partial charge on any atom is -0.480 e. The molecule has 0 amide bonds. The fraction of sp³-hybridized carbons (Fsp3) is 0.167. The van der Waals surface area contributed by atoms with Gasteiger partial charge in [0.05, 0.1) is 0 Å². The number of hydrogen-bond acceptors (Lipinski definition) is 8. The molecule has 0 aliphatic carbocycles. The molecule has 2 rings (SSSR count). The molecule has 0 atom stereocenters. The molecule has 3 N–H and O–H groups in total. The van der Waals surface area contributed by atoms with E-state index in [1.165, 1.54) is 0 Å². The maximum Gasteiger partial charge on any atom is 0.342 e. The van der Waals surface area contributed by atoms with Gasteiger partial charge in [0.25, 0.3) is 5.56 Å². The van der Waals surface area contributed by atoms with Gasteiger partial charge in [-0.1, -0.05) is 0 Å². The smallest absolute Gasteiger partial charge is 0.342 e. The fourth-order valence-electron chi connectivity index (χ4n) is 0.989. The molecule has 0 saturated carbocycles. The Balaban J connectivity index is 2.29. The van der Waals surface area contributed by atoms with Gasteiger partial charge in [0.15, 0.2) is 5.03 Å². The van der Waals surface area contributed by atoms with E-state index in [0.29, 0.717) is 0 Å². The van der Waals surface area contributed by atoms with Gasteiger partial charge >= 0.3 is 11.7 Å². The molecule has 18 heavy (non-hydrogen) atoms. The Labute approximate surface area is 101 Å². The largest absolute Gasteiger partial charge is 0.480 e. The zero-order chi connectivity index (χ0) is 13.1. The van der Waals surface area contributed by atoms with E-state index in [1.807, 2.05) is 10.1 Å². The van der Waals surface area contributed by atoms with Gasteiger partial charge in [-0.25, -0.2) is 14.6 Å². The number of carbonyl (C=O) groups is 1. The minimum atomic E-state index is -1.13. The van der Waals surface area contributed by atoms with Crippen LogP contribution in [0.25, 0.3) is 0 Å². The van der Waals surface area contributed by atoms with E-state index in [1.54, 1.807) is 0 Å². The average Bonchev–Trinajstić information content (AvgIpc) is 2.69. The van der Waals surface area contributed by atoms with Crippen molar-refractivity contribution in [1.82, 2.24) is 35.4 Å². The lowest BCUT2D eigenvalue weighted by molar-refractivity contribution is -0.138. The van der Waals surface area contributed by atoms with Gasteiger partial charge < -0.3 is 5.11 Å². The highest BCUT2D eigenvalue weighted by atomic mass is 32.2. The zero-order valence-corrected chi connectivity index (χ0v) is 9.34. The van der Waals surface area contributed by atoms with Crippen molar-refractivity contribution in [2.24, 2.45) is 0 Å². The summed E-state index contributed by atoms with van der Waals surface area (Å²) in [5.41, 5.74) is -1.46. The van der Waals surface area contributed by atoms with Gasteiger partial charge in [-0.05, 0) is 22.2 Å². The van der Waals surface area contributed by atoms with Gasteiger partial charge in [0, 0.05) is 0 Å². The fourth-order valence-corrected chi connectivity index (χ4v) is 1.68. The highest BCUT2D eigenvalue weighted by Gasteiger charge is 2.14. The van der Waals surface area contributed by atoms with Crippen LogP contribution in [0, 0.1) is 0 Å². The molecule has 0 spiro atoms. The first kappa shape index (κ1) is 12.0. The number of carboxylic acid groups (broad SMARTS) is 1. The van der Waals surface area contributed by atoms with Crippen molar-refractivity contribution in [2.45, 2.75) is 16.7 Å². The molecule has 0 saturated heterocycles. The molecule has 2 heterocycles. The number of hydrogen-bond donors (Lipinski definition) is 3. The van der Waals surface area contributed by atoms with Crippen molar-refractivity contribution in [1.29, 1.82) is 0 Å². The first-order chi connectivity index (χ1) is 8.56. The number of H-pyrrole nitrogens is 2. The minimum absolute atomic E-state index is 0.0717. The Morgan fingerprint density at radius 3 is 2.89 bits per heavy atom. The summed E-state index contributed by atoms with van der Waals surface area (Å²) in [6, 6.07) is 0. The molecule has 0 fully saturated rings. The van der Waals surface area contributed by atoms with Crippen LogP contribution in [-0.4, -0.2) is 46.5 Å². The number of aliphatic carboxylic acids is 1. The van der Waals surface area contributed by atoms with E-state index in [2.05, 4.69) is 20.6 Å². The summed E-state index contributed by atoms with van der Waals surface area (Å²) in [7, 11) is 0. The molecule has 0 aliphatic heterocycles. The predicted molar refractivity (Wildman–Crippen MR) is 55.1 cm³/mol. The number of nitrogens with zero attached hydrogens (tertiary/aromatic N) is 5. The first-order valence-electron chi connectivity index (χ1n) is 4.41. The maximum atomic E-state index is 11.3. The third-order valence-electron chi connectivity index (χ3n) is 1.65. The third kappa shape index (κ3) is 2.60. The van der Waals surface area contributed by atoms with Crippen molar-refractivity contribution in [3.63, 3.8) is 0 Å². The summed E-state index contributed by atoms with van der Waals surface area (Å²) < 4.78 is 0.985. The van der Waals surface area contributed by atoms with E-state index in [9.17, 15) is 14.4 Å². The molecule has 0 radical (unpaired) electrons. The molecule has 12 heteroatoms. The molecule has 2 aromatic heterocycles. The topological polar surface area (TPSA) is 160 Å². The monoisotopic (exact) mass is 271 g/mol. The molecule has 11 nitrogen and oxygen atoms in total. The van der Waals surface area contributed by atoms with Crippen molar-refractivity contribution in [2.75, 3.05) is 0 Å². The van der Waals surface area contributed by atoms with Crippen LogP contribution in [0.4, 0.5) is 0 Å². The summed E-state index contributed by atoms with van der Waals surface area (Å²) in [5.74, 6) is -1.13. The Morgan fingerprint density at radius 2 is 2.22 bits per heavy atom. The zero-order valence-electron chi connectivity index (χ0n) is 8.52. The van der Waals surface area contributed by atoms with E-state index in [0.717, 1.165) is 16.4 Å². The van der Waals surface area contributed by atoms with Crippen molar-refractivity contribution in [3.8, 4) is 0 Å². The average molecular weight is 271 g/mol. The third-order valence-corrected chi connectivity index (χ3v) is 2.60. The quantitative estimate of drug-likeness (QED) is 0.554. The Morgan fingerprint density at radius 1 is 1.44 bits per heavy atom. The number of tetrazole rings is 1. The summed E-state index contributed by atoms with van der Waals surface area (Å²) in [6.07, 6.45) is 0. The van der Waals surface area contributed by atoms with Crippen molar-refractivity contribution >= 4 is 17.7 Å². The maximum absolute atomic E-state index is 11.3. The van der Waals surface area contributed by atoms with Crippen LogP contribution >= 0.6 is 11.8 Å². The normalized spacial score (nSPS) is 10.4. The number of rotatable bonds is 4. The van der Waals surface area contributed by atoms with Crippen LogP contribution in [0.2, 0.25) is 0 Å². The SMILES string of the molecule is O=C(O)Cn1nnnc1Sc1n[nH]c(=O)[nH]c1=O. The van der Waals surface area contributed by atoms with Crippen LogP contribution in [0.5, 0.6) is 0 Å². The Bertz CT molecular complexity index is 687. The first-order valence-corrected chi connectivity index (χ1v) is 5.22. The second-order valence-electron chi connectivity index (χ2n) is 2.93. The van der Waals surface area contributed by atoms with Crippen LogP contribution in [0.3, 0.4) is 0 Å². The van der Waals surface area contributed by atoms with E-state index < -0.39 is 23.8 Å². The number of carboxylic acids is 1. The van der Waals surface area contributed by atoms with Crippen molar-refractivity contribution < 1.29 is 9.90 Å². The number of aromatic nitrogens is 7. The number of aromatic amines is 2. The molecule has 94 valence electrons. The summed E-state index contributed by atoms with van der Waals surface area (Å²) in [6.45, 7) is -0.448. The molecular weight excluding hydrogens is 266 g/mol. The Hall–Kier alpha value is -2.50. The van der Waals surface area contributed by atoms with Crippen LogP contribution in [0.1, 0.15) is 0 Å². The van der Waals surface area contributed by atoms with Gasteiger partial charge in [-0.15, -0.1) is 5.10 Å². The molecule has 0 aromatic carbocycles. The molecule has 2 aromatic rings. The van der Waals surface area contributed by atoms with Gasteiger partial charge in [-0.3, -0.25) is 14.6 Å². The lowest BCUT2D eigenvalue weighted by Crippen LogP contribution is -2.25. The van der Waals surface area contributed by atoms with Crippen LogP contribution < -0.4 is 11.2 Å². The number of nitrogens with one attached hydrogen (secondary N) is 2. The summed E-state index contributed by atoms with van der Waals surface area (Å²) >= 11 is 0.737. The van der Waals surface area contributed by atoms with Gasteiger partial charge in [0.1, 0.15) is 6.54 Å². The molecule has 0 unspecified atom stereocenters. The van der Waals surface area contributed by atoms with Crippen LogP contribution in [-0.2, 0) is 11.3 Å². The van der Waals surface area contributed by atoms with E-state index in [-0.39, 0.29) is 10.2 Å². The van der Waals surface area contributed by atoms with E-state index >= 15 is 0 Å². The van der Waals surface area contributed by atoms with Crippen molar-refractivity contribution in [3.05, 3.63) is 20.8 Å².